The summed E-state index contributed by atoms with van der Waals surface area (Å²) < 4.78 is 38.2. The molecule has 0 saturated carbocycles. The van der Waals surface area contributed by atoms with Crippen molar-refractivity contribution < 1.29 is 18.0 Å². The zero-order valence-electron chi connectivity index (χ0n) is 12.3. The molecule has 5 nitrogen and oxygen atoms in total. The maximum absolute atomic E-state index is 12.4. The van der Waals surface area contributed by atoms with E-state index in [-0.39, 0.29) is 18.3 Å². The Kier molecular flexibility index (Phi) is 5.82. The minimum atomic E-state index is -4.30. The van der Waals surface area contributed by atoms with Gasteiger partial charge in [-0.3, -0.25) is 4.79 Å². The van der Waals surface area contributed by atoms with E-state index >= 15 is 0 Å². The molecule has 1 fully saturated rings. The molecule has 1 aromatic rings. The number of hydrogen-bond acceptors (Lipinski definition) is 3. The Morgan fingerprint density at radius 1 is 1.41 bits per heavy atom. The molecule has 0 spiro atoms. The van der Waals surface area contributed by atoms with Crippen LogP contribution in [0.3, 0.4) is 0 Å². The van der Waals surface area contributed by atoms with Gasteiger partial charge in [-0.15, -0.1) is 0 Å². The summed E-state index contributed by atoms with van der Waals surface area (Å²) >= 11 is 0. The van der Waals surface area contributed by atoms with Crippen molar-refractivity contribution in [3.63, 3.8) is 0 Å². The summed E-state index contributed by atoms with van der Waals surface area (Å²) in [5, 5.41) is 5.91. The molecular formula is C14H21F3N4O. The third-order valence-electron chi connectivity index (χ3n) is 3.83. The first-order valence-electron chi connectivity index (χ1n) is 7.48. The number of rotatable bonds is 6. The highest BCUT2D eigenvalue weighted by Gasteiger charge is 2.28. The lowest BCUT2D eigenvalue weighted by Gasteiger charge is -2.22. The van der Waals surface area contributed by atoms with Gasteiger partial charge >= 0.3 is 6.18 Å². The molecule has 1 aliphatic heterocycles. The van der Waals surface area contributed by atoms with E-state index in [1.807, 2.05) is 0 Å². The summed E-state index contributed by atoms with van der Waals surface area (Å²) in [7, 11) is 0. The first-order valence-corrected chi connectivity index (χ1v) is 7.48. The van der Waals surface area contributed by atoms with Gasteiger partial charge in [0.1, 0.15) is 12.4 Å². The van der Waals surface area contributed by atoms with Gasteiger partial charge in [-0.05, 0) is 38.3 Å². The van der Waals surface area contributed by atoms with Crippen molar-refractivity contribution in [1.29, 1.82) is 0 Å². The second-order valence-electron chi connectivity index (χ2n) is 5.60. The number of aromatic nitrogens is 2. The molecule has 2 rings (SSSR count). The first-order chi connectivity index (χ1) is 10.4. The van der Waals surface area contributed by atoms with Crippen LogP contribution in [0.4, 0.5) is 13.2 Å². The molecule has 0 aromatic carbocycles. The predicted octanol–water partition coefficient (Wildman–Crippen LogP) is 1.84. The maximum Gasteiger partial charge on any atom is 0.406 e. The highest BCUT2D eigenvalue weighted by atomic mass is 19.4. The van der Waals surface area contributed by atoms with E-state index in [0.29, 0.717) is 12.3 Å². The number of hydrogen-bond donors (Lipinski definition) is 2. The van der Waals surface area contributed by atoms with Gasteiger partial charge in [0, 0.05) is 18.8 Å². The van der Waals surface area contributed by atoms with Gasteiger partial charge in [0.15, 0.2) is 0 Å². The SMILES string of the molecule is O=C(CCC1CCNCC1)NCc1nccn1CC(F)(F)F. The monoisotopic (exact) mass is 318 g/mol. The van der Waals surface area contributed by atoms with Crippen LogP contribution in [0.2, 0.25) is 0 Å². The van der Waals surface area contributed by atoms with Crippen LogP contribution in [0.25, 0.3) is 0 Å². The quantitative estimate of drug-likeness (QED) is 0.841. The van der Waals surface area contributed by atoms with Gasteiger partial charge in [0.25, 0.3) is 0 Å². The van der Waals surface area contributed by atoms with Crippen molar-refractivity contribution >= 4 is 5.91 Å². The zero-order chi connectivity index (χ0) is 16.0. The summed E-state index contributed by atoms with van der Waals surface area (Å²) in [4.78, 5) is 15.7. The van der Waals surface area contributed by atoms with Crippen LogP contribution in [-0.2, 0) is 17.9 Å². The summed E-state index contributed by atoms with van der Waals surface area (Å²) in [5.41, 5.74) is 0. The smallest absolute Gasteiger partial charge is 0.349 e. The van der Waals surface area contributed by atoms with Crippen molar-refractivity contribution in [2.45, 2.75) is 44.9 Å². The number of halogens is 3. The van der Waals surface area contributed by atoms with Gasteiger partial charge in [-0.1, -0.05) is 0 Å². The predicted molar refractivity (Wildman–Crippen MR) is 75.0 cm³/mol. The molecule has 0 bridgehead atoms. The molecule has 2 heterocycles. The van der Waals surface area contributed by atoms with Crippen LogP contribution in [-0.4, -0.2) is 34.7 Å². The van der Waals surface area contributed by atoms with Crippen LogP contribution in [0.1, 0.15) is 31.5 Å². The van der Waals surface area contributed by atoms with Crippen LogP contribution in [0.5, 0.6) is 0 Å². The molecule has 124 valence electrons. The number of carbonyl (C=O) groups is 1. The molecule has 1 aromatic heterocycles. The highest BCUT2D eigenvalue weighted by molar-refractivity contribution is 5.75. The summed E-state index contributed by atoms with van der Waals surface area (Å²) in [6.07, 6.45) is 1.66. The van der Waals surface area contributed by atoms with E-state index < -0.39 is 12.7 Å². The Morgan fingerprint density at radius 2 is 2.14 bits per heavy atom. The standard InChI is InChI=1S/C14H21F3N4O/c15-14(16,17)10-21-8-7-19-12(21)9-20-13(22)2-1-11-3-5-18-6-4-11/h7-8,11,18H,1-6,9-10H2,(H,20,22). The molecule has 0 aliphatic carbocycles. The van der Waals surface area contributed by atoms with Crippen LogP contribution in [0, 0.1) is 5.92 Å². The molecular weight excluding hydrogens is 297 g/mol. The van der Waals surface area contributed by atoms with Crippen molar-refractivity contribution in [1.82, 2.24) is 20.2 Å². The number of alkyl halides is 3. The maximum atomic E-state index is 12.4. The first kappa shape index (κ1) is 16.8. The molecule has 1 aliphatic rings. The highest BCUT2D eigenvalue weighted by Crippen LogP contribution is 2.19. The van der Waals surface area contributed by atoms with E-state index in [4.69, 9.17) is 0 Å². The fraction of sp³-hybridized carbons (Fsp3) is 0.714. The Bertz CT molecular complexity index is 481. The Labute approximate surface area is 127 Å². The van der Waals surface area contributed by atoms with Crippen molar-refractivity contribution in [3.05, 3.63) is 18.2 Å². The zero-order valence-corrected chi connectivity index (χ0v) is 12.3. The lowest BCUT2D eigenvalue weighted by atomic mass is 9.93. The van der Waals surface area contributed by atoms with Crippen LogP contribution in [0.15, 0.2) is 12.4 Å². The Hall–Kier alpha value is -1.57. The van der Waals surface area contributed by atoms with E-state index in [0.717, 1.165) is 36.9 Å². The van der Waals surface area contributed by atoms with Gasteiger partial charge < -0.3 is 15.2 Å². The molecule has 2 N–H and O–H groups in total. The number of carbonyl (C=O) groups excluding carboxylic acids is 1. The van der Waals surface area contributed by atoms with Gasteiger partial charge in [0.2, 0.25) is 5.91 Å². The Balaban J connectivity index is 1.73. The van der Waals surface area contributed by atoms with E-state index in [1.54, 1.807) is 0 Å². The second kappa shape index (κ2) is 7.62. The number of amides is 1. The second-order valence-corrected chi connectivity index (χ2v) is 5.60. The van der Waals surface area contributed by atoms with E-state index in [9.17, 15) is 18.0 Å². The summed E-state index contributed by atoms with van der Waals surface area (Å²) in [6.45, 7) is 0.906. The van der Waals surface area contributed by atoms with Crippen molar-refractivity contribution in [2.24, 2.45) is 5.92 Å². The molecule has 0 radical (unpaired) electrons. The summed E-state index contributed by atoms with van der Waals surface area (Å²) in [6, 6.07) is 0. The lowest BCUT2D eigenvalue weighted by Crippen LogP contribution is -2.30. The largest absolute Gasteiger partial charge is 0.406 e. The summed E-state index contributed by atoms with van der Waals surface area (Å²) in [5.74, 6) is 0.631. The minimum Gasteiger partial charge on any atom is -0.349 e. The van der Waals surface area contributed by atoms with Crippen molar-refractivity contribution in [3.8, 4) is 0 Å². The molecule has 0 unspecified atom stereocenters. The fourth-order valence-corrected chi connectivity index (χ4v) is 2.62. The fourth-order valence-electron chi connectivity index (χ4n) is 2.62. The van der Waals surface area contributed by atoms with Crippen molar-refractivity contribution in [2.75, 3.05) is 13.1 Å². The van der Waals surface area contributed by atoms with E-state index in [2.05, 4.69) is 15.6 Å². The van der Waals surface area contributed by atoms with Crippen LogP contribution >= 0.6 is 0 Å². The molecule has 0 atom stereocenters. The number of nitrogens with one attached hydrogen (secondary N) is 2. The van der Waals surface area contributed by atoms with Gasteiger partial charge in [-0.25, -0.2) is 4.98 Å². The normalized spacial score (nSPS) is 16.7. The number of piperidine rings is 1. The third kappa shape index (κ3) is 5.67. The molecule has 22 heavy (non-hydrogen) atoms. The number of imidazole rings is 1. The Morgan fingerprint density at radius 3 is 2.82 bits per heavy atom. The lowest BCUT2D eigenvalue weighted by molar-refractivity contribution is -0.141. The molecule has 8 heteroatoms. The van der Waals surface area contributed by atoms with Gasteiger partial charge in [0.05, 0.1) is 6.54 Å². The van der Waals surface area contributed by atoms with E-state index in [1.165, 1.54) is 12.4 Å². The minimum absolute atomic E-state index is 0.0220. The topological polar surface area (TPSA) is 59.0 Å². The molecule has 1 amide bonds. The average molecular weight is 318 g/mol. The van der Waals surface area contributed by atoms with Crippen LogP contribution < -0.4 is 10.6 Å². The van der Waals surface area contributed by atoms with Gasteiger partial charge in [-0.2, -0.15) is 13.2 Å². The number of nitrogens with zero attached hydrogens (tertiary/aromatic N) is 2. The third-order valence-corrected chi connectivity index (χ3v) is 3.83. The average Bonchev–Trinajstić information content (AvgIpc) is 2.89. The molecule has 1 saturated heterocycles.